The quantitative estimate of drug-likeness (QED) is 0.655. The fraction of sp³-hybridized carbons (Fsp3) is 0.263. The van der Waals surface area contributed by atoms with Crippen molar-refractivity contribution in [1.29, 1.82) is 0 Å². The van der Waals surface area contributed by atoms with Crippen molar-refractivity contribution in [3.63, 3.8) is 0 Å². The van der Waals surface area contributed by atoms with Crippen LogP contribution in [0.15, 0.2) is 54.6 Å². The lowest BCUT2D eigenvalue weighted by Gasteiger charge is -2.12. The normalized spacial score (nSPS) is 11.1. The first-order valence-corrected chi connectivity index (χ1v) is 7.92. The molecular formula is C19H21N3O2. The number of fused-ring (bicyclic) bond motifs is 1. The van der Waals surface area contributed by atoms with Gasteiger partial charge in [-0.25, -0.2) is 4.98 Å². The van der Waals surface area contributed by atoms with Gasteiger partial charge in [0.15, 0.2) is 0 Å². The molecule has 0 fully saturated rings. The second kappa shape index (κ2) is 7.27. The lowest BCUT2D eigenvalue weighted by molar-refractivity contribution is -0.145. The van der Waals surface area contributed by atoms with Gasteiger partial charge in [0.1, 0.15) is 19.0 Å². The molecule has 0 aliphatic heterocycles. The van der Waals surface area contributed by atoms with Gasteiger partial charge in [-0.15, -0.1) is 0 Å². The van der Waals surface area contributed by atoms with Crippen molar-refractivity contribution in [1.82, 2.24) is 14.5 Å². The Hall–Kier alpha value is -2.66. The van der Waals surface area contributed by atoms with E-state index in [1.54, 1.807) is 0 Å². The third kappa shape index (κ3) is 3.81. The van der Waals surface area contributed by atoms with E-state index in [9.17, 15) is 4.79 Å². The highest BCUT2D eigenvalue weighted by atomic mass is 16.5. The summed E-state index contributed by atoms with van der Waals surface area (Å²) in [5.41, 5.74) is 2.83. The predicted octanol–water partition coefficient (Wildman–Crippen LogP) is 2.84. The molecule has 0 aliphatic carbocycles. The van der Waals surface area contributed by atoms with E-state index >= 15 is 0 Å². The molecule has 0 saturated heterocycles. The zero-order chi connectivity index (χ0) is 16.9. The molecule has 24 heavy (non-hydrogen) atoms. The number of benzene rings is 2. The highest BCUT2D eigenvalue weighted by Crippen LogP contribution is 2.17. The van der Waals surface area contributed by atoms with Crippen LogP contribution < -0.4 is 0 Å². The molecule has 3 rings (SSSR count). The number of carbonyl (C=O) groups is 1. The van der Waals surface area contributed by atoms with Crippen molar-refractivity contribution in [3.8, 4) is 0 Å². The summed E-state index contributed by atoms with van der Waals surface area (Å²) in [6.07, 6.45) is 0. The standard InChI is InChI=1S/C19H21N3O2/c1-21(2)12-18-20-16-10-6-7-11-17(16)22(18)13-19(23)24-14-15-8-4-3-5-9-15/h3-11H,12-14H2,1-2H3. The van der Waals surface area contributed by atoms with Crippen LogP contribution in [0, 0.1) is 0 Å². The van der Waals surface area contributed by atoms with E-state index in [0.717, 1.165) is 22.4 Å². The van der Waals surface area contributed by atoms with Crippen LogP contribution in [0.1, 0.15) is 11.4 Å². The van der Waals surface area contributed by atoms with Crippen LogP contribution >= 0.6 is 0 Å². The van der Waals surface area contributed by atoms with Gasteiger partial charge in [0.2, 0.25) is 0 Å². The summed E-state index contributed by atoms with van der Waals surface area (Å²) in [7, 11) is 3.97. The molecule has 1 aromatic heterocycles. The first-order valence-electron chi connectivity index (χ1n) is 7.92. The monoisotopic (exact) mass is 323 g/mol. The van der Waals surface area contributed by atoms with Crippen molar-refractivity contribution in [2.75, 3.05) is 14.1 Å². The number of imidazole rings is 1. The minimum atomic E-state index is -0.262. The van der Waals surface area contributed by atoms with E-state index in [1.165, 1.54) is 0 Å². The van der Waals surface area contributed by atoms with E-state index < -0.39 is 0 Å². The molecule has 124 valence electrons. The van der Waals surface area contributed by atoms with Gasteiger partial charge in [0, 0.05) is 0 Å². The number of rotatable bonds is 6. The maximum Gasteiger partial charge on any atom is 0.326 e. The van der Waals surface area contributed by atoms with E-state index in [1.807, 2.05) is 78.2 Å². The number of esters is 1. The summed E-state index contributed by atoms with van der Waals surface area (Å²) in [5.74, 6) is 0.597. The lowest BCUT2D eigenvalue weighted by Crippen LogP contribution is -2.19. The molecule has 5 nitrogen and oxygen atoms in total. The highest BCUT2D eigenvalue weighted by molar-refractivity contribution is 5.78. The summed E-state index contributed by atoms with van der Waals surface area (Å²) in [4.78, 5) is 19.0. The average molecular weight is 323 g/mol. The zero-order valence-electron chi connectivity index (χ0n) is 14.0. The van der Waals surface area contributed by atoms with E-state index in [0.29, 0.717) is 6.54 Å². The molecule has 1 heterocycles. The fourth-order valence-electron chi connectivity index (χ4n) is 2.62. The lowest BCUT2D eigenvalue weighted by atomic mass is 10.2. The van der Waals surface area contributed by atoms with Gasteiger partial charge in [-0.1, -0.05) is 42.5 Å². The van der Waals surface area contributed by atoms with Gasteiger partial charge >= 0.3 is 5.97 Å². The SMILES string of the molecule is CN(C)Cc1nc2ccccc2n1CC(=O)OCc1ccccc1. The van der Waals surface area contributed by atoms with E-state index in [-0.39, 0.29) is 19.1 Å². The Morgan fingerprint density at radius 3 is 2.54 bits per heavy atom. The van der Waals surface area contributed by atoms with Gasteiger partial charge in [0.05, 0.1) is 17.6 Å². The Kier molecular flexibility index (Phi) is 4.91. The van der Waals surface area contributed by atoms with E-state index in [2.05, 4.69) is 4.98 Å². The molecule has 0 amide bonds. The molecule has 0 spiro atoms. The summed E-state index contributed by atoms with van der Waals surface area (Å²) in [5, 5.41) is 0. The van der Waals surface area contributed by atoms with Gasteiger partial charge in [-0.2, -0.15) is 0 Å². The van der Waals surface area contributed by atoms with Gasteiger partial charge in [0.25, 0.3) is 0 Å². The summed E-state index contributed by atoms with van der Waals surface area (Å²) in [6.45, 7) is 1.12. The van der Waals surface area contributed by atoms with Crippen molar-refractivity contribution in [3.05, 3.63) is 66.0 Å². The van der Waals surface area contributed by atoms with Gasteiger partial charge in [-0.3, -0.25) is 4.79 Å². The van der Waals surface area contributed by atoms with Gasteiger partial charge < -0.3 is 14.2 Å². The van der Waals surface area contributed by atoms with Crippen LogP contribution in [0.25, 0.3) is 11.0 Å². The molecule has 0 N–H and O–H groups in total. The van der Waals surface area contributed by atoms with Crippen molar-refractivity contribution in [2.24, 2.45) is 0 Å². The average Bonchev–Trinajstić information content (AvgIpc) is 2.91. The second-order valence-electron chi connectivity index (χ2n) is 5.99. The van der Waals surface area contributed by atoms with Crippen LogP contribution in [0.2, 0.25) is 0 Å². The molecule has 2 aromatic carbocycles. The number of hydrogen-bond acceptors (Lipinski definition) is 4. The third-order valence-corrected chi connectivity index (χ3v) is 3.72. The smallest absolute Gasteiger partial charge is 0.326 e. The molecule has 0 radical (unpaired) electrons. The molecule has 0 atom stereocenters. The van der Waals surface area contributed by atoms with Crippen LogP contribution in [0.4, 0.5) is 0 Å². The molecule has 5 heteroatoms. The third-order valence-electron chi connectivity index (χ3n) is 3.72. The number of hydrogen-bond donors (Lipinski definition) is 0. The predicted molar refractivity (Wildman–Crippen MR) is 93.4 cm³/mol. The summed E-state index contributed by atoms with van der Waals surface area (Å²) in [6, 6.07) is 17.5. The maximum absolute atomic E-state index is 12.3. The highest BCUT2D eigenvalue weighted by Gasteiger charge is 2.14. The minimum absolute atomic E-state index is 0.163. The molecule has 0 saturated carbocycles. The molecule has 0 bridgehead atoms. The first-order chi connectivity index (χ1) is 11.6. The largest absolute Gasteiger partial charge is 0.459 e. The van der Waals surface area contributed by atoms with Crippen molar-refractivity contribution < 1.29 is 9.53 Å². The molecular weight excluding hydrogens is 302 g/mol. The molecule has 0 unspecified atom stereocenters. The summed E-state index contributed by atoms with van der Waals surface area (Å²) < 4.78 is 7.34. The van der Waals surface area contributed by atoms with Crippen LogP contribution in [-0.4, -0.2) is 34.5 Å². The summed E-state index contributed by atoms with van der Waals surface area (Å²) >= 11 is 0. The maximum atomic E-state index is 12.3. The Bertz CT molecular complexity index is 825. The Morgan fingerprint density at radius 2 is 1.79 bits per heavy atom. The topological polar surface area (TPSA) is 47.4 Å². The van der Waals surface area contributed by atoms with Crippen LogP contribution in [0.3, 0.4) is 0 Å². The second-order valence-corrected chi connectivity index (χ2v) is 5.99. The van der Waals surface area contributed by atoms with Crippen molar-refractivity contribution in [2.45, 2.75) is 19.7 Å². The Balaban J connectivity index is 1.76. The van der Waals surface area contributed by atoms with Crippen LogP contribution in [-0.2, 0) is 29.2 Å². The zero-order valence-corrected chi connectivity index (χ0v) is 14.0. The number of para-hydroxylation sites is 2. The minimum Gasteiger partial charge on any atom is -0.459 e. The molecule has 0 aliphatic rings. The van der Waals surface area contributed by atoms with Crippen molar-refractivity contribution >= 4 is 17.0 Å². The first kappa shape index (κ1) is 16.2. The Morgan fingerprint density at radius 1 is 1.08 bits per heavy atom. The molecule has 3 aromatic rings. The van der Waals surface area contributed by atoms with Crippen LogP contribution in [0.5, 0.6) is 0 Å². The Labute approximate surface area is 141 Å². The van der Waals surface area contributed by atoms with E-state index in [4.69, 9.17) is 4.74 Å². The van der Waals surface area contributed by atoms with Gasteiger partial charge in [-0.05, 0) is 31.8 Å². The number of aromatic nitrogens is 2. The number of nitrogens with zero attached hydrogens (tertiary/aromatic N) is 3. The number of ether oxygens (including phenoxy) is 1. The number of carbonyl (C=O) groups excluding carboxylic acids is 1. The fourth-order valence-corrected chi connectivity index (χ4v) is 2.62.